The summed E-state index contributed by atoms with van der Waals surface area (Å²) in [5.41, 5.74) is 12.3. The average Bonchev–Trinajstić information content (AvgIpc) is 3.41. The van der Waals surface area contributed by atoms with Gasteiger partial charge in [-0.1, -0.05) is 73.5 Å². The second kappa shape index (κ2) is 16.5. The maximum atomic E-state index is 11.6. The molecule has 55 heavy (non-hydrogen) atoms. The van der Waals surface area contributed by atoms with E-state index in [0.29, 0.717) is 25.7 Å². The van der Waals surface area contributed by atoms with E-state index < -0.39 is 37.2 Å². The zero-order valence-electron chi connectivity index (χ0n) is 31.9. The number of allylic oxidation sites excluding steroid dienone is 10. The first-order valence-corrected chi connectivity index (χ1v) is 21.8. The van der Waals surface area contributed by atoms with Gasteiger partial charge in [-0.25, -0.2) is 26.0 Å². The Labute approximate surface area is 326 Å². The van der Waals surface area contributed by atoms with Gasteiger partial charge >= 0.3 is 0 Å². The standard InChI is InChI=1S/C45H48N2O6S2/c1-46(2)38-22-15-34(16-23-38)31-33-13-17-35(18-14-33)44(36-19-24-39(25-20-36)47(3)4)37-21-26-41-40-11-5-6-12-42(40)45(43(41)32-37,27-7-9-29-54(48,49)50)28-8-10-30-55(51,52)53/h5-6,11-26,31-32H,7-10,27-30H2,1-4H3. The van der Waals surface area contributed by atoms with Gasteiger partial charge in [0.2, 0.25) is 0 Å². The molecule has 0 aliphatic heterocycles. The van der Waals surface area contributed by atoms with Crippen LogP contribution in [0.2, 0.25) is 0 Å². The van der Waals surface area contributed by atoms with Gasteiger partial charge in [0.05, 0.1) is 20.2 Å². The molecule has 0 fully saturated rings. The van der Waals surface area contributed by atoms with Crippen molar-refractivity contribution in [1.82, 2.24) is 0 Å². The van der Waals surface area contributed by atoms with Crippen molar-refractivity contribution in [2.24, 2.45) is 0 Å². The highest BCUT2D eigenvalue weighted by Crippen LogP contribution is 2.55. The number of hydrogen-bond acceptors (Lipinski definition) is 6. The van der Waals surface area contributed by atoms with Crippen LogP contribution in [0.4, 0.5) is 0 Å². The Kier molecular flexibility index (Phi) is 12.0. The fraction of sp³-hybridized carbons (Fsp3) is 0.289. The van der Waals surface area contributed by atoms with E-state index >= 15 is 0 Å². The van der Waals surface area contributed by atoms with Gasteiger partial charge in [0.25, 0.3) is 0 Å². The van der Waals surface area contributed by atoms with Crippen LogP contribution in [-0.4, -0.2) is 86.2 Å². The van der Waals surface area contributed by atoms with Crippen molar-refractivity contribution >= 4 is 43.3 Å². The lowest BCUT2D eigenvalue weighted by Gasteiger charge is -2.33. The third-order valence-electron chi connectivity index (χ3n) is 10.7. The van der Waals surface area contributed by atoms with E-state index in [4.69, 9.17) is 0 Å². The molecular weight excluding hydrogens is 729 g/mol. The lowest BCUT2D eigenvalue weighted by molar-refractivity contribution is -0.462. The average molecular weight is 777 g/mol. The zero-order chi connectivity index (χ0) is 39.4. The molecule has 0 heterocycles. The van der Waals surface area contributed by atoms with Crippen molar-refractivity contribution in [2.45, 2.75) is 43.9 Å². The number of rotatable bonds is 13. The second-order valence-electron chi connectivity index (χ2n) is 14.9. The topological polar surface area (TPSA) is 120 Å². The summed E-state index contributed by atoms with van der Waals surface area (Å²) in [5, 5.41) is 0. The van der Waals surface area contributed by atoms with Crippen LogP contribution in [0, 0.1) is 0 Å². The molecule has 0 bridgehead atoms. The largest absolute Gasteiger partial charge is 0.748 e. The van der Waals surface area contributed by atoms with Gasteiger partial charge in [-0.05, 0) is 118 Å². The molecule has 0 saturated heterocycles. The van der Waals surface area contributed by atoms with E-state index in [1.165, 1.54) is 0 Å². The summed E-state index contributed by atoms with van der Waals surface area (Å²) in [7, 11) is -0.671. The van der Waals surface area contributed by atoms with E-state index in [1.807, 2.05) is 40.3 Å². The van der Waals surface area contributed by atoms with Crippen LogP contribution in [-0.2, 0) is 25.7 Å². The van der Waals surface area contributed by atoms with E-state index in [-0.39, 0.29) is 12.8 Å². The van der Waals surface area contributed by atoms with Crippen molar-refractivity contribution in [3.05, 3.63) is 154 Å². The minimum Gasteiger partial charge on any atom is -0.748 e. The maximum absolute atomic E-state index is 11.6. The molecule has 3 aromatic rings. The molecule has 0 N–H and O–H groups in total. The number of nitrogens with zero attached hydrogens (tertiary/aromatic N) is 2. The van der Waals surface area contributed by atoms with Crippen LogP contribution in [0.5, 0.6) is 0 Å². The fourth-order valence-corrected chi connectivity index (χ4v) is 9.03. The highest BCUT2D eigenvalue weighted by atomic mass is 32.2. The third-order valence-corrected chi connectivity index (χ3v) is 12.2. The summed E-state index contributed by atoms with van der Waals surface area (Å²) in [5.74, 6) is -0.885. The molecule has 286 valence electrons. The summed E-state index contributed by atoms with van der Waals surface area (Å²) in [4.78, 5) is 0. The number of benzene rings is 3. The summed E-state index contributed by atoms with van der Waals surface area (Å²) in [6, 6.07) is 23.3. The Hall–Kier alpha value is -4.74. The summed E-state index contributed by atoms with van der Waals surface area (Å²) in [6.45, 7) is 0. The van der Waals surface area contributed by atoms with Gasteiger partial charge in [0, 0.05) is 41.2 Å². The van der Waals surface area contributed by atoms with E-state index in [1.54, 1.807) is 0 Å². The molecule has 0 unspecified atom stereocenters. The van der Waals surface area contributed by atoms with Crippen LogP contribution in [0.1, 0.15) is 66.3 Å². The monoisotopic (exact) mass is 776 g/mol. The Balaban J connectivity index is 1.45. The zero-order valence-corrected chi connectivity index (χ0v) is 33.5. The summed E-state index contributed by atoms with van der Waals surface area (Å²) in [6.07, 6.45) is 21.6. The first-order chi connectivity index (χ1) is 26.1. The Bertz CT molecular complexity index is 2380. The minimum absolute atomic E-state index is 0.221. The molecule has 10 heteroatoms. The van der Waals surface area contributed by atoms with Gasteiger partial charge in [-0.2, -0.15) is 0 Å². The highest BCUT2D eigenvalue weighted by Gasteiger charge is 2.42. The fourth-order valence-electron chi connectivity index (χ4n) is 7.92. The van der Waals surface area contributed by atoms with E-state index in [0.717, 1.165) is 67.1 Å². The van der Waals surface area contributed by atoms with Gasteiger partial charge < -0.3 is 9.11 Å². The van der Waals surface area contributed by atoms with Gasteiger partial charge in [0.15, 0.2) is 11.4 Å². The lowest BCUT2D eigenvalue weighted by atomic mass is 9.70. The number of fused-ring (bicyclic) bond motifs is 3. The lowest BCUT2D eigenvalue weighted by Crippen LogP contribution is -2.26. The SMILES string of the molecule is C[N+](C)=C1C=CC(=Cc2ccc(C(=C3C=CC(=[N+](C)C)C=C3)c3ccc4c(c3)C(CCCCS(=O)(=O)[O-])(CCCCS(=O)(=O)[O-])c3ccccc3-4)cc2)C=C1. The predicted octanol–water partition coefficient (Wildman–Crippen LogP) is 7.25. The van der Waals surface area contributed by atoms with Crippen LogP contribution in [0.25, 0.3) is 22.8 Å². The summed E-state index contributed by atoms with van der Waals surface area (Å²) >= 11 is 0. The van der Waals surface area contributed by atoms with Gasteiger partial charge in [-0.15, -0.1) is 0 Å². The van der Waals surface area contributed by atoms with Crippen molar-refractivity contribution < 1.29 is 35.1 Å². The molecule has 0 aromatic heterocycles. The Morgan fingerprint density at radius 1 is 0.600 bits per heavy atom. The van der Waals surface area contributed by atoms with Crippen molar-refractivity contribution in [3.8, 4) is 11.1 Å². The quantitative estimate of drug-likeness (QED) is 0.103. The molecule has 0 radical (unpaired) electrons. The number of unbranched alkanes of at least 4 members (excludes halogenated alkanes) is 2. The first-order valence-electron chi connectivity index (χ1n) is 18.6. The molecule has 3 aromatic carbocycles. The predicted molar refractivity (Wildman–Crippen MR) is 221 cm³/mol. The molecule has 3 aliphatic carbocycles. The molecule has 0 saturated carbocycles. The minimum atomic E-state index is -4.37. The first kappa shape index (κ1) is 39.9. The maximum Gasteiger partial charge on any atom is 0.199 e. The third kappa shape index (κ3) is 9.56. The molecule has 0 spiro atoms. The van der Waals surface area contributed by atoms with Crippen molar-refractivity contribution in [3.63, 3.8) is 0 Å². The van der Waals surface area contributed by atoms with Crippen LogP contribution < -0.4 is 0 Å². The van der Waals surface area contributed by atoms with Crippen molar-refractivity contribution in [1.29, 1.82) is 0 Å². The van der Waals surface area contributed by atoms with E-state index in [2.05, 4.69) is 118 Å². The molecule has 6 rings (SSSR count). The molecule has 0 atom stereocenters. The summed E-state index contributed by atoms with van der Waals surface area (Å²) < 4.78 is 73.5. The second-order valence-corrected chi connectivity index (χ2v) is 17.9. The Morgan fingerprint density at radius 2 is 1.11 bits per heavy atom. The smallest absolute Gasteiger partial charge is 0.199 e. The molecule has 0 amide bonds. The van der Waals surface area contributed by atoms with Crippen LogP contribution in [0.3, 0.4) is 0 Å². The molecule has 3 aliphatic rings. The molecular formula is C45H48N2O6S2. The van der Waals surface area contributed by atoms with Crippen LogP contribution >= 0.6 is 0 Å². The Morgan fingerprint density at radius 3 is 1.65 bits per heavy atom. The highest BCUT2D eigenvalue weighted by molar-refractivity contribution is 7.85. The van der Waals surface area contributed by atoms with E-state index in [9.17, 15) is 25.9 Å². The van der Waals surface area contributed by atoms with Crippen molar-refractivity contribution in [2.75, 3.05) is 39.7 Å². The molecule has 8 nitrogen and oxygen atoms in total. The normalized spacial score (nSPS) is 15.7. The number of hydrogen-bond donors (Lipinski definition) is 0. The van der Waals surface area contributed by atoms with Crippen LogP contribution in [0.15, 0.2) is 126 Å². The van der Waals surface area contributed by atoms with Gasteiger partial charge in [0.1, 0.15) is 28.2 Å². The van der Waals surface area contributed by atoms with Gasteiger partial charge in [-0.3, -0.25) is 0 Å².